The molecular weight excluding hydrogens is 255 g/mol. The van der Waals surface area contributed by atoms with E-state index < -0.39 is 5.82 Å². The van der Waals surface area contributed by atoms with Gasteiger partial charge >= 0.3 is 0 Å². The van der Waals surface area contributed by atoms with E-state index in [0.717, 1.165) is 12.8 Å². The highest BCUT2D eigenvalue weighted by Crippen LogP contribution is 2.10. The summed E-state index contributed by atoms with van der Waals surface area (Å²) in [4.78, 5) is 12.1. The van der Waals surface area contributed by atoms with Gasteiger partial charge in [-0.2, -0.15) is 0 Å². The minimum atomic E-state index is -0.414. The number of rotatable bonds is 5. The minimum Gasteiger partial charge on any atom is -0.352 e. The minimum absolute atomic E-state index is 0.173. The highest BCUT2D eigenvalue weighted by molar-refractivity contribution is 5.96. The van der Waals surface area contributed by atoms with Crippen LogP contribution in [-0.4, -0.2) is 19.0 Å². The van der Waals surface area contributed by atoms with E-state index in [2.05, 4.69) is 31.0 Å². The SMILES string of the molecule is CC(C)CCCNC(=O)c1ccc(F)cc1C#CCN. The summed E-state index contributed by atoms with van der Waals surface area (Å²) in [6.07, 6.45) is 1.98. The van der Waals surface area contributed by atoms with Gasteiger partial charge in [0.25, 0.3) is 5.91 Å². The number of carbonyl (C=O) groups excluding carboxylic acids is 1. The van der Waals surface area contributed by atoms with Gasteiger partial charge in [-0.25, -0.2) is 4.39 Å². The summed E-state index contributed by atoms with van der Waals surface area (Å²) in [6, 6.07) is 3.97. The van der Waals surface area contributed by atoms with Gasteiger partial charge in [-0.05, 0) is 37.0 Å². The van der Waals surface area contributed by atoms with E-state index in [-0.39, 0.29) is 12.5 Å². The molecule has 1 rings (SSSR count). The lowest BCUT2D eigenvalue weighted by Crippen LogP contribution is -2.25. The molecule has 1 aromatic carbocycles. The fourth-order valence-electron chi connectivity index (χ4n) is 1.77. The number of amides is 1. The molecule has 0 unspecified atom stereocenters. The van der Waals surface area contributed by atoms with E-state index in [1.807, 2.05) is 0 Å². The first-order chi connectivity index (χ1) is 9.54. The molecule has 20 heavy (non-hydrogen) atoms. The topological polar surface area (TPSA) is 55.1 Å². The van der Waals surface area contributed by atoms with Crippen molar-refractivity contribution >= 4 is 5.91 Å². The summed E-state index contributed by atoms with van der Waals surface area (Å²) in [7, 11) is 0. The molecule has 0 saturated heterocycles. The Morgan fingerprint density at radius 3 is 2.85 bits per heavy atom. The lowest BCUT2D eigenvalue weighted by Gasteiger charge is -2.08. The molecule has 0 aliphatic heterocycles. The van der Waals surface area contributed by atoms with Crippen LogP contribution in [0.4, 0.5) is 4.39 Å². The Morgan fingerprint density at radius 1 is 1.45 bits per heavy atom. The molecule has 0 aromatic heterocycles. The van der Waals surface area contributed by atoms with E-state index in [1.165, 1.54) is 18.2 Å². The molecule has 0 fully saturated rings. The maximum atomic E-state index is 13.2. The van der Waals surface area contributed by atoms with Crippen molar-refractivity contribution < 1.29 is 9.18 Å². The van der Waals surface area contributed by atoms with Crippen molar-refractivity contribution in [2.24, 2.45) is 11.7 Å². The molecule has 0 bridgehead atoms. The molecule has 0 spiro atoms. The molecule has 0 aliphatic rings. The highest BCUT2D eigenvalue weighted by Gasteiger charge is 2.10. The maximum Gasteiger partial charge on any atom is 0.252 e. The van der Waals surface area contributed by atoms with Gasteiger partial charge in [0, 0.05) is 12.1 Å². The summed E-state index contributed by atoms with van der Waals surface area (Å²) >= 11 is 0. The Hall–Kier alpha value is -1.86. The number of hydrogen-bond acceptors (Lipinski definition) is 2. The van der Waals surface area contributed by atoms with Gasteiger partial charge in [-0.15, -0.1) is 0 Å². The number of carbonyl (C=O) groups is 1. The van der Waals surface area contributed by atoms with E-state index >= 15 is 0 Å². The van der Waals surface area contributed by atoms with Crippen LogP contribution in [0.1, 0.15) is 42.6 Å². The van der Waals surface area contributed by atoms with E-state index in [4.69, 9.17) is 5.73 Å². The zero-order valence-corrected chi connectivity index (χ0v) is 12.0. The molecular formula is C16H21FN2O. The molecule has 0 heterocycles. The van der Waals surface area contributed by atoms with Crippen LogP contribution in [0.3, 0.4) is 0 Å². The molecule has 108 valence electrons. The van der Waals surface area contributed by atoms with Crippen molar-refractivity contribution in [2.45, 2.75) is 26.7 Å². The van der Waals surface area contributed by atoms with Crippen molar-refractivity contribution in [1.82, 2.24) is 5.32 Å². The first-order valence-electron chi connectivity index (χ1n) is 6.81. The van der Waals surface area contributed by atoms with Gasteiger partial charge < -0.3 is 11.1 Å². The third kappa shape index (κ3) is 5.41. The van der Waals surface area contributed by atoms with E-state index in [9.17, 15) is 9.18 Å². The summed E-state index contributed by atoms with van der Waals surface area (Å²) in [6.45, 7) is 5.06. The van der Waals surface area contributed by atoms with Crippen LogP contribution in [0.15, 0.2) is 18.2 Å². The van der Waals surface area contributed by atoms with Crippen molar-refractivity contribution in [1.29, 1.82) is 0 Å². The molecule has 0 aliphatic carbocycles. The van der Waals surface area contributed by atoms with Gasteiger partial charge in [0.05, 0.1) is 12.1 Å². The zero-order chi connectivity index (χ0) is 15.0. The molecule has 3 N–H and O–H groups in total. The van der Waals surface area contributed by atoms with Gasteiger partial charge in [0.1, 0.15) is 5.82 Å². The lowest BCUT2D eigenvalue weighted by molar-refractivity contribution is 0.0952. The van der Waals surface area contributed by atoms with Crippen molar-refractivity contribution in [3.63, 3.8) is 0 Å². The van der Waals surface area contributed by atoms with Gasteiger partial charge in [-0.1, -0.05) is 25.7 Å². The predicted octanol–water partition coefficient (Wildman–Crippen LogP) is 2.30. The summed E-state index contributed by atoms with van der Waals surface area (Å²) < 4.78 is 13.2. The summed E-state index contributed by atoms with van der Waals surface area (Å²) in [5.41, 5.74) is 6.06. The molecule has 1 amide bonds. The largest absolute Gasteiger partial charge is 0.352 e. The van der Waals surface area contributed by atoms with Crippen LogP contribution < -0.4 is 11.1 Å². The summed E-state index contributed by atoms with van der Waals surface area (Å²) in [5.74, 6) is 5.34. The number of benzene rings is 1. The Bertz CT molecular complexity index is 515. The van der Waals surface area contributed by atoms with Crippen LogP contribution in [-0.2, 0) is 0 Å². The molecule has 1 aromatic rings. The number of halogens is 1. The Labute approximate surface area is 119 Å². The fourth-order valence-corrected chi connectivity index (χ4v) is 1.77. The average Bonchev–Trinajstić information content (AvgIpc) is 2.41. The Kier molecular flexibility index (Phi) is 6.75. The second-order valence-electron chi connectivity index (χ2n) is 4.99. The summed E-state index contributed by atoms with van der Waals surface area (Å²) in [5, 5.41) is 2.83. The van der Waals surface area contributed by atoms with Crippen LogP contribution >= 0.6 is 0 Å². The predicted molar refractivity (Wildman–Crippen MR) is 78.7 cm³/mol. The second kappa shape index (κ2) is 8.34. The highest BCUT2D eigenvalue weighted by atomic mass is 19.1. The van der Waals surface area contributed by atoms with Crippen molar-refractivity contribution in [3.8, 4) is 11.8 Å². The zero-order valence-electron chi connectivity index (χ0n) is 12.0. The van der Waals surface area contributed by atoms with Crippen LogP contribution in [0.2, 0.25) is 0 Å². The van der Waals surface area contributed by atoms with Crippen molar-refractivity contribution in [3.05, 3.63) is 35.1 Å². The van der Waals surface area contributed by atoms with E-state index in [0.29, 0.717) is 23.6 Å². The first-order valence-corrected chi connectivity index (χ1v) is 6.81. The van der Waals surface area contributed by atoms with Crippen LogP contribution in [0, 0.1) is 23.6 Å². The standard InChI is InChI=1S/C16H21FN2O/c1-12(2)5-4-10-19-16(20)15-8-7-14(17)11-13(15)6-3-9-18/h7-8,11-12H,4-5,9-10,18H2,1-2H3,(H,19,20). The van der Waals surface area contributed by atoms with E-state index in [1.54, 1.807) is 0 Å². The Balaban J connectivity index is 2.72. The molecule has 3 nitrogen and oxygen atoms in total. The van der Waals surface area contributed by atoms with Crippen molar-refractivity contribution in [2.75, 3.05) is 13.1 Å². The smallest absolute Gasteiger partial charge is 0.252 e. The van der Waals surface area contributed by atoms with Crippen LogP contribution in [0.25, 0.3) is 0 Å². The molecule has 0 saturated carbocycles. The quantitative estimate of drug-likeness (QED) is 0.640. The fraction of sp³-hybridized carbons (Fsp3) is 0.438. The van der Waals surface area contributed by atoms with Gasteiger partial charge in [0.2, 0.25) is 0 Å². The normalized spacial score (nSPS) is 10.1. The molecule has 4 heteroatoms. The third-order valence-electron chi connectivity index (χ3n) is 2.80. The number of hydrogen-bond donors (Lipinski definition) is 2. The van der Waals surface area contributed by atoms with Gasteiger partial charge in [-0.3, -0.25) is 4.79 Å². The molecule has 0 radical (unpaired) electrons. The lowest BCUT2D eigenvalue weighted by atomic mass is 10.1. The maximum absolute atomic E-state index is 13.2. The third-order valence-corrected chi connectivity index (χ3v) is 2.80. The Morgan fingerprint density at radius 2 is 2.20 bits per heavy atom. The molecule has 0 atom stereocenters. The van der Waals surface area contributed by atoms with Gasteiger partial charge in [0.15, 0.2) is 0 Å². The first kappa shape index (κ1) is 16.2. The van der Waals surface area contributed by atoms with Crippen LogP contribution in [0.5, 0.6) is 0 Å². The second-order valence-corrected chi connectivity index (χ2v) is 4.99. The monoisotopic (exact) mass is 276 g/mol. The number of nitrogens with two attached hydrogens (primary N) is 1. The average molecular weight is 276 g/mol. The number of nitrogens with one attached hydrogen (secondary N) is 1.